The summed E-state index contributed by atoms with van der Waals surface area (Å²) in [4.78, 5) is 13.7. The molecule has 0 atom stereocenters. The minimum Gasteiger partial charge on any atom is -0.497 e. The number of carbonyl (C=O) groups is 1. The molecule has 1 aliphatic rings. The van der Waals surface area contributed by atoms with Crippen molar-refractivity contribution in [2.75, 3.05) is 13.7 Å². The smallest absolute Gasteiger partial charge is 0.224 e. The molecule has 0 unspecified atom stereocenters. The van der Waals surface area contributed by atoms with Gasteiger partial charge >= 0.3 is 0 Å². The molecule has 0 aliphatic carbocycles. The highest BCUT2D eigenvalue weighted by atomic mass is 16.5. The molecule has 0 bridgehead atoms. The molecule has 0 aromatic heterocycles. The van der Waals surface area contributed by atoms with Crippen LogP contribution in [0.25, 0.3) is 11.3 Å². The predicted octanol–water partition coefficient (Wildman–Crippen LogP) is 3.98. The van der Waals surface area contributed by atoms with Crippen LogP contribution in [0.3, 0.4) is 0 Å². The van der Waals surface area contributed by atoms with Gasteiger partial charge in [-0.1, -0.05) is 48.5 Å². The minimum absolute atomic E-state index is 0.0464. The predicted molar refractivity (Wildman–Crippen MR) is 92.8 cm³/mol. The molecule has 116 valence electrons. The van der Waals surface area contributed by atoms with Gasteiger partial charge in [-0.3, -0.25) is 4.79 Å². The maximum absolute atomic E-state index is 11.9. The zero-order valence-corrected chi connectivity index (χ0v) is 13.3. The van der Waals surface area contributed by atoms with Crippen LogP contribution in [-0.4, -0.2) is 24.5 Å². The Balaban J connectivity index is 1.99. The van der Waals surface area contributed by atoms with E-state index in [0.29, 0.717) is 6.54 Å². The minimum atomic E-state index is 0.0464. The van der Waals surface area contributed by atoms with E-state index in [2.05, 4.69) is 12.2 Å². The van der Waals surface area contributed by atoms with Gasteiger partial charge in [0.1, 0.15) is 5.75 Å². The van der Waals surface area contributed by atoms with Crippen molar-refractivity contribution in [1.29, 1.82) is 0 Å². The van der Waals surface area contributed by atoms with Crippen molar-refractivity contribution < 1.29 is 9.53 Å². The fraction of sp³-hybridized carbons (Fsp3) is 0.150. The summed E-state index contributed by atoms with van der Waals surface area (Å²) >= 11 is 0. The van der Waals surface area contributed by atoms with Crippen molar-refractivity contribution in [2.45, 2.75) is 6.92 Å². The number of hydrogen-bond donors (Lipinski definition) is 0. The quantitative estimate of drug-likeness (QED) is 0.858. The van der Waals surface area contributed by atoms with Gasteiger partial charge in [0.05, 0.1) is 12.8 Å². The maximum Gasteiger partial charge on any atom is 0.224 e. The van der Waals surface area contributed by atoms with Gasteiger partial charge < -0.3 is 9.64 Å². The Morgan fingerprint density at radius 1 is 1.00 bits per heavy atom. The molecule has 0 radical (unpaired) electrons. The summed E-state index contributed by atoms with van der Waals surface area (Å²) in [5.41, 5.74) is 4.21. The van der Waals surface area contributed by atoms with Crippen LogP contribution in [0.2, 0.25) is 0 Å². The number of hydrogen-bond acceptors (Lipinski definition) is 2. The second-order valence-electron chi connectivity index (χ2n) is 5.41. The fourth-order valence-electron chi connectivity index (χ4n) is 2.70. The molecule has 3 nitrogen and oxygen atoms in total. The van der Waals surface area contributed by atoms with Crippen molar-refractivity contribution in [3.05, 3.63) is 77.9 Å². The Morgan fingerprint density at radius 3 is 2.30 bits per heavy atom. The molecule has 23 heavy (non-hydrogen) atoms. The van der Waals surface area contributed by atoms with Crippen LogP contribution < -0.4 is 4.74 Å². The number of methoxy groups -OCH3 is 1. The van der Waals surface area contributed by atoms with E-state index in [1.165, 1.54) is 0 Å². The average molecular weight is 305 g/mol. The van der Waals surface area contributed by atoms with E-state index in [-0.39, 0.29) is 5.91 Å². The molecule has 0 saturated heterocycles. The third kappa shape index (κ3) is 3.19. The highest BCUT2D eigenvalue weighted by molar-refractivity contribution is 5.93. The molecule has 1 amide bonds. The van der Waals surface area contributed by atoms with E-state index >= 15 is 0 Å². The van der Waals surface area contributed by atoms with Gasteiger partial charge in [0.2, 0.25) is 5.91 Å². The molecule has 1 aliphatic heterocycles. The largest absolute Gasteiger partial charge is 0.497 e. The summed E-state index contributed by atoms with van der Waals surface area (Å²) in [6.07, 6.45) is 4.15. The molecule has 2 aromatic rings. The summed E-state index contributed by atoms with van der Waals surface area (Å²) in [6.45, 7) is 2.18. The zero-order valence-electron chi connectivity index (χ0n) is 13.3. The van der Waals surface area contributed by atoms with Crippen molar-refractivity contribution in [3.63, 3.8) is 0 Å². The van der Waals surface area contributed by atoms with Crippen LogP contribution in [0.5, 0.6) is 5.75 Å². The van der Waals surface area contributed by atoms with Gasteiger partial charge in [0.15, 0.2) is 0 Å². The Kier molecular flexibility index (Phi) is 4.29. The standard InChI is InChI=1S/C20H19NO2/c1-15(22)21-13-12-18(16-8-10-19(23-2)11-9-16)14-20(21)17-6-4-3-5-7-17/h3-12,14H,13H2,1-2H3. The first-order chi connectivity index (χ1) is 11.2. The number of carbonyl (C=O) groups excluding carboxylic acids is 1. The van der Waals surface area contributed by atoms with Gasteiger partial charge in [-0.15, -0.1) is 0 Å². The van der Waals surface area contributed by atoms with E-state index in [9.17, 15) is 4.79 Å². The number of amides is 1. The third-order valence-electron chi connectivity index (χ3n) is 3.95. The Hall–Kier alpha value is -2.81. The first-order valence-electron chi connectivity index (χ1n) is 7.59. The molecule has 1 heterocycles. The van der Waals surface area contributed by atoms with Gasteiger partial charge in [-0.2, -0.15) is 0 Å². The number of ether oxygens (including phenoxy) is 1. The Bertz CT molecular complexity index is 758. The van der Waals surface area contributed by atoms with Crippen molar-refractivity contribution >= 4 is 17.2 Å². The van der Waals surface area contributed by atoms with Crippen LogP contribution in [0, 0.1) is 0 Å². The summed E-state index contributed by atoms with van der Waals surface area (Å²) in [5, 5.41) is 0. The van der Waals surface area contributed by atoms with Crippen LogP contribution in [0.1, 0.15) is 18.1 Å². The van der Waals surface area contributed by atoms with Gasteiger partial charge in [-0.25, -0.2) is 0 Å². The highest BCUT2D eigenvalue weighted by Gasteiger charge is 2.19. The van der Waals surface area contributed by atoms with Gasteiger partial charge in [-0.05, 0) is 34.9 Å². The number of allylic oxidation sites excluding steroid dienone is 2. The van der Waals surface area contributed by atoms with E-state index in [4.69, 9.17) is 4.74 Å². The Morgan fingerprint density at radius 2 is 1.70 bits per heavy atom. The van der Waals surface area contributed by atoms with Crippen molar-refractivity contribution in [1.82, 2.24) is 4.90 Å². The first kappa shape index (κ1) is 15.1. The van der Waals surface area contributed by atoms with E-state index in [1.54, 1.807) is 18.9 Å². The van der Waals surface area contributed by atoms with Gasteiger partial charge in [0, 0.05) is 13.5 Å². The number of rotatable bonds is 3. The lowest BCUT2D eigenvalue weighted by molar-refractivity contribution is -0.125. The number of benzene rings is 2. The van der Waals surface area contributed by atoms with Crippen LogP contribution in [0.15, 0.2) is 66.7 Å². The average Bonchev–Trinajstić information content (AvgIpc) is 2.62. The van der Waals surface area contributed by atoms with E-state index in [1.807, 2.05) is 54.6 Å². The normalized spacial score (nSPS) is 14.1. The fourth-order valence-corrected chi connectivity index (χ4v) is 2.70. The second-order valence-corrected chi connectivity index (χ2v) is 5.41. The molecule has 0 fully saturated rings. The first-order valence-corrected chi connectivity index (χ1v) is 7.59. The summed E-state index contributed by atoms with van der Waals surface area (Å²) in [6, 6.07) is 18.0. The third-order valence-corrected chi connectivity index (χ3v) is 3.95. The molecule has 0 spiro atoms. The summed E-state index contributed by atoms with van der Waals surface area (Å²) in [7, 11) is 1.66. The lowest BCUT2D eigenvalue weighted by Gasteiger charge is -2.27. The van der Waals surface area contributed by atoms with Crippen LogP contribution in [0.4, 0.5) is 0 Å². The zero-order chi connectivity index (χ0) is 16.2. The molecular weight excluding hydrogens is 286 g/mol. The number of nitrogens with zero attached hydrogens (tertiary/aromatic N) is 1. The van der Waals surface area contributed by atoms with Gasteiger partial charge in [0.25, 0.3) is 0 Å². The van der Waals surface area contributed by atoms with Crippen LogP contribution in [-0.2, 0) is 4.79 Å². The highest BCUT2D eigenvalue weighted by Crippen LogP contribution is 2.30. The molecule has 2 aromatic carbocycles. The molecule has 3 heteroatoms. The van der Waals surface area contributed by atoms with E-state index in [0.717, 1.165) is 28.1 Å². The maximum atomic E-state index is 11.9. The topological polar surface area (TPSA) is 29.5 Å². The second kappa shape index (κ2) is 6.53. The van der Waals surface area contributed by atoms with Crippen LogP contribution >= 0.6 is 0 Å². The lowest BCUT2D eigenvalue weighted by atomic mass is 9.98. The molecular formula is C20H19NO2. The monoisotopic (exact) mass is 305 g/mol. The van der Waals surface area contributed by atoms with E-state index < -0.39 is 0 Å². The lowest BCUT2D eigenvalue weighted by Crippen LogP contribution is -2.29. The summed E-state index contributed by atoms with van der Waals surface area (Å²) < 4.78 is 5.21. The molecule has 3 rings (SSSR count). The Labute approximate surface area is 136 Å². The molecule has 0 saturated carbocycles. The summed E-state index contributed by atoms with van der Waals surface area (Å²) in [5.74, 6) is 0.882. The molecule has 0 N–H and O–H groups in total. The van der Waals surface area contributed by atoms with Crippen molar-refractivity contribution in [2.24, 2.45) is 0 Å². The van der Waals surface area contributed by atoms with Crippen molar-refractivity contribution in [3.8, 4) is 5.75 Å². The SMILES string of the molecule is COc1ccc(C2=CCN(C(C)=O)C(c3ccccc3)=C2)cc1.